The van der Waals surface area contributed by atoms with Gasteiger partial charge in [-0.25, -0.2) is 4.99 Å². The van der Waals surface area contributed by atoms with E-state index in [1.54, 1.807) is 48.7 Å². The van der Waals surface area contributed by atoms with Gasteiger partial charge in [0.25, 0.3) is 11.4 Å². The third kappa shape index (κ3) is 4.65. The third-order valence-electron chi connectivity index (χ3n) is 4.79. The second kappa shape index (κ2) is 9.05. The van der Waals surface area contributed by atoms with Crippen LogP contribution in [0, 0.1) is 0 Å². The first-order valence-corrected chi connectivity index (χ1v) is 10.3. The molecule has 33 heavy (non-hydrogen) atoms. The fourth-order valence-electron chi connectivity index (χ4n) is 3.18. The topological polar surface area (TPSA) is 119 Å². The molecule has 1 atom stereocenters. The Balaban J connectivity index is 1.51. The normalized spacial score (nSPS) is 15.3. The number of nitrogens with one attached hydrogen (secondary N) is 2. The van der Waals surface area contributed by atoms with Crippen molar-refractivity contribution >= 4 is 23.7 Å². The number of nitrogens with zero attached hydrogens (tertiary/aromatic N) is 4. The minimum atomic E-state index is -0.674. The summed E-state index contributed by atoms with van der Waals surface area (Å²) in [5, 5.41) is 8.14. The van der Waals surface area contributed by atoms with E-state index in [-0.39, 0.29) is 12.1 Å². The van der Waals surface area contributed by atoms with Crippen LogP contribution in [0.15, 0.2) is 86.5 Å². The van der Waals surface area contributed by atoms with Crippen LogP contribution in [-0.4, -0.2) is 21.1 Å². The molecule has 0 fully saturated rings. The molecule has 2 N–H and O–H groups in total. The van der Waals surface area contributed by atoms with Crippen LogP contribution in [0.2, 0.25) is 5.02 Å². The van der Waals surface area contributed by atoms with Crippen molar-refractivity contribution in [2.45, 2.75) is 12.8 Å². The van der Waals surface area contributed by atoms with Crippen LogP contribution < -0.4 is 21.3 Å². The maximum Gasteiger partial charge on any atom is 0.264 e. The first-order chi connectivity index (χ1) is 16.2. The number of aromatic nitrogens is 3. The molecule has 10 nitrogen and oxygen atoms in total. The van der Waals surface area contributed by atoms with Gasteiger partial charge in [0.05, 0.1) is 17.8 Å². The fourth-order valence-corrected chi connectivity index (χ4v) is 3.31. The van der Waals surface area contributed by atoms with Gasteiger partial charge in [0.15, 0.2) is 6.40 Å². The number of H-pyrrole nitrogens is 1. The van der Waals surface area contributed by atoms with Gasteiger partial charge >= 0.3 is 0 Å². The zero-order valence-electron chi connectivity index (χ0n) is 17.0. The molecule has 4 aromatic rings. The van der Waals surface area contributed by atoms with Crippen molar-refractivity contribution in [1.82, 2.24) is 20.1 Å². The molecule has 0 bridgehead atoms. The summed E-state index contributed by atoms with van der Waals surface area (Å²) in [5.41, 5.74) is 4.72. The fraction of sp³-hybridized carbons (Fsp3) is 0.0909. The summed E-state index contributed by atoms with van der Waals surface area (Å²) in [6.45, 7) is 0.278. The largest absolute Gasteiger partial charge is 0.453 e. The second-order valence-electron chi connectivity index (χ2n) is 7.01. The van der Waals surface area contributed by atoms with Crippen molar-refractivity contribution < 1.29 is 14.0 Å². The average Bonchev–Trinajstić information content (AvgIpc) is 3.54. The molecule has 1 unspecified atom stereocenters. The van der Waals surface area contributed by atoms with Crippen LogP contribution in [0.1, 0.15) is 17.4 Å². The molecule has 166 valence electrons. The lowest BCUT2D eigenvalue weighted by Gasteiger charge is -2.13. The number of hydrogen-bond donors (Lipinski definition) is 2. The lowest BCUT2D eigenvalue weighted by molar-refractivity contribution is 0.196. The number of aromatic amines is 1. The molecule has 5 rings (SSSR count). The molecule has 0 spiro atoms. The predicted octanol–water partition coefficient (Wildman–Crippen LogP) is 3.45. The molecule has 0 radical (unpaired) electrons. The van der Waals surface area contributed by atoms with Crippen LogP contribution in [0.25, 0.3) is 0 Å². The maximum atomic E-state index is 13.3. The molecule has 3 heterocycles. The highest BCUT2D eigenvalue weighted by Crippen LogP contribution is 2.22. The van der Waals surface area contributed by atoms with Crippen LogP contribution in [-0.2, 0) is 11.3 Å². The molecule has 2 aromatic carbocycles. The quantitative estimate of drug-likeness (QED) is 0.451. The molecule has 11 heteroatoms. The van der Waals surface area contributed by atoms with Crippen LogP contribution in [0.5, 0.6) is 11.6 Å². The number of hydrogen-bond acceptors (Lipinski definition) is 8. The Morgan fingerprint density at radius 1 is 1.12 bits per heavy atom. The zero-order chi connectivity index (χ0) is 22.6. The van der Waals surface area contributed by atoms with Crippen molar-refractivity contribution in [2.75, 3.05) is 0 Å². The van der Waals surface area contributed by atoms with Gasteiger partial charge < -0.3 is 19.0 Å². The summed E-state index contributed by atoms with van der Waals surface area (Å²) in [6.07, 6.45) is 3.58. The van der Waals surface area contributed by atoms with Crippen molar-refractivity contribution in [3.05, 3.63) is 99.2 Å². The molecule has 2 aromatic heterocycles. The van der Waals surface area contributed by atoms with Gasteiger partial charge in [0.1, 0.15) is 12.0 Å². The Bertz CT molecular complexity index is 1380. The van der Waals surface area contributed by atoms with Crippen molar-refractivity contribution in [1.29, 1.82) is 0 Å². The molecule has 1 aliphatic rings. The van der Waals surface area contributed by atoms with E-state index in [2.05, 4.69) is 25.7 Å². The van der Waals surface area contributed by atoms with Crippen molar-refractivity contribution in [3.63, 3.8) is 0 Å². The molecule has 0 aliphatic carbocycles. The number of benzene rings is 2. The lowest BCUT2D eigenvalue weighted by Crippen LogP contribution is -2.39. The second-order valence-corrected chi connectivity index (χ2v) is 7.45. The average molecular weight is 465 g/mol. The SMILES string of the molecule is O=c1c(C2NN=CO2)c[nH]/c(=N\c2ccc(Oc3ccon3)cc2)n1Cc1ccc(Cl)cc1. The smallest absolute Gasteiger partial charge is 0.264 e. The predicted molar refractivity (Wildman–Crippen MR) is 119 cm³/mol. The summed E-state index contributed by atoms with van der Waals surface area (Å²) in [7, 11) is 0. The van der Waals surface area contributed by atoms with Crippen molar-refractivity contribution in [2.24, 2.45) is 10.1 Å². The summed E-state index contributed by atoms with van der Waals surface area (Å²) >= 11 is 6.00. The first-order valence-electron chi connectivity index (χ1n) is 9.88. The van der Waals surface area contributed by atoms with Crippen LogP contribution in [0.3, 0.4) is 0 Å². The van der Waals surface area contributed by atoms with Gasteiger partial charge in [0.2, 0.25) is 11.8 Å². The summed E-state index contributed by atoms with van der Waals surface area (Å²) in [6, 6.07) is 15.9. The third-order valence-corrected chi connectivity index (χ3v) is 5.04. The van der Waals surface area contributed by atoms with Gasteiger partial charge in [0, 0.05) is 17.3 Å². The molecule has 1 aliphatic heterocycles. The van der Waals surface area contributed by atoms with E-state index >= 15 is 0 Å². The highest BCUT2D eigenvalue weighted by molar-refractivity contribution is 6.30. The monoisotopic (exact) mass is 464 g/mol. The lowest BCUT2D eigenvalue weighted by atomic mass is 10.2. The van der Waals surface area contributed by atoms with E-state index in [1.165, 1.54) is 17.2 Å². The summed E-state index contributed by atoms with van der Waals surface area (Å²) in [4.78, 5) is 21.0. The Hall–Kier alpha value is -4.31. The maximum absolute atomic E-state index is 13.3. The van der Waals surface area contributed by atoms with Gasteiger partial charge in [-0.2, -0.15) is 0 Å². The Labute approximate surface area is 191 Å². The van der Waals surface area contributed by atoms with Gasteiger partial charge in [-0.3, -0.25) is 14.8 Å². The minimum Gasteiger partial charge on any atom is -0.453 e. The van der Waals surface area contributed by atoms with Gasteiger partial charge in [-0.1, -0.05) is 23.7 Å². The van der Waals surface area contributed by atoms with Crippen LogP contribution >= 0.6 is 11.6 Å². The molecular formula is C22H17ClN6O4. The van der Waals surface area contributed by atoms with Crippen LogP contribution in [0.4, 0.5) is 5.69 Å². The van der Waals surface area contributed by atoms with E-state index in [1.807, 2.05) is 12.1 Å². The van der Waals surface area contributed by atoms with E-state index in [9.17, 15) is 4.79 Å². The van der Waals surface area contributed by atoms with E-state index < -0.39 is 6.23 Å². The highest BCUT2D eigenvalue weighted by atomic mass is 35.5. The van der Waals surface area contributed by atoms with Crippen molar-refractivity contribution in [3.8, 4) is 11.6 Å². The number of hydrazone groups is 1. The van der Waals surface area contributed by atoms with E-state index in [0.717, 1.165) is 5.56 Å². The Kier molecular flexibility index (Phi) is 5.64. The number of rotatable bonds is 6. The molecule has 0 amide bonds. The van der Waals surface area contributed by atoms with Gasteiger partial charge in [-0.15, -0.1) is 5.10 Å². The van der Waals surface area contributed by atoms with Gasteiger partial charge in [-0.05, 0) is 47.1 Å². The summed E-state index contributed by atoms with van der Waals surface area (Å²) < 4.78 is 17.2. The Morgan fingerprint density at radius 3 is 2.64 bits per heavy atom. The first kappa shape index (κ1) is 20.6. The standard InChI is InChI=1S/C22H17ClN6O4/c23-15-3-1-14(2-4-15)12-29-21(30)18(20-27-25-13-31-20)11-24-22(29)26-16-5-7-17(8-6-16)33-19-9-10-32-28-19/h1-11,13,20,27H,12H2,(H,24,26). The molecule has 0 saturated carbocycles. The highest BCUT2D eigenvalue weighted by Gasteiger charge is 2.20. The number of halogens is 1. The number of ether oxygens (including phenoxy) is 2. The zero-order valence-corrected chi connectivity index (χ0v) is 17.8. The minimum absolute atomic E-state index is 0.267. The van der Waals surface area contributed by atoms with E-state index in [4.69, 9.17) is 25.6 Å². The molecular weight excluding hydrogens is 448 g/mol. The molecule has 0 saturated heterocycles. The Morgan fingerprint density at radius 2 is 1.94 bits per heavy atom. The summed E-state index contributed by atoms with van der Waals surface area (Å²) in [5.74, 6) is 0.928. The van der Waals surface area contributed by atoms with E-state index in [0.29, 0.717) is 33.5 Å².